The predicted octanol–water partition coefficient (Wildman–Crippen LogP) is 5.14. The number of nitrogens with one attached hydrogen (secondary N) is 2. The van der Waals surface area contributed by atoms with Gasteiger partial charge in [0.2, 0.25) is 21.8 Å². The fraction of sp³-hybridized carbons (Fsp3) is 0.625. The van der Waals surface area contributed by atoms with Crippen LogP contribution in [-0.2, 0) is 30.8 Å². The first-order chi connectivity index (χ1) is 25.8. The number of carboxylic acid groups (broad SMARTS) is 1. The number of rotatable bonds is 5. The largest absolute Gasteiger partial charge is 0.483 e. The third kappa shape index (κ3) is 7.40. The molecular weight excluding hydrogens is 730 g/mol. The van der Waals surface area contributed by atoms with Crippen molar-refractivity contribution in [3.8, 4) is 5.75 Å². The zero-order valence-electron chi connectivity index (χ0n) is 32.2. The number of fused-ring (bicyclic) bond motifs is 5. The maximum Gasteiger partial charge on any atom is 0.407 e. The molecule has 5 aliphatic rings. The number of nitrogens with zero attached hydrogens (tertiary/aromatic N) is 3. The molecular formula is C40H52FN5O8S. The summed E-state index contributed by atoms with van der Waals surface area (Å²) < 4.78 is 48.6. The summed E-state index contributed by atoms with van der Waals surface area (Å²) in [6.07, 6.45) is 7.48. The lowest BCUT2D eigenvalue weighted by Gasteiger charge is -2.38. The van der Waals surface area contributed by atoms with Crippen molar-refractivity contribution in [2.75, 3.05) is 13.1 Å². The Balaban J connectivity index is 1.27. The van der Waals surface area contributed by atoms with E-state index < -0.39 is 79.0 Å². The van der Waals surface area contributed by atoms with E-state index in [1.165, 1.54) is 21.9 Å². The van der Waals surface area contributed by atoms with E-state index in [9.17, 15) is 37.1 Å². The van der Waals surface area contributed by atoms with Gasteiger partial charge in [-0.2, -0.15) is 0 Å². The van der Waals surface area contributed by atoms with Crippen LogP contribution in [0, 0.1) is 24.1 Å². The first-order valence-electron chi connectivity index (χ1n) is 19.4. The SMILES string of the molecule is Cc1nc2cc(F)ccc2c2c1O[C@]1(CC2)C[C@H]2C(=O)N[C@]3(C(=O)NS(=O)(=O)C4(C)CC4)C[C@H]3/C=C\CCCCC[C@H](N(CC(C)(C)C)C(=O)O)C(=O)N2C1. The van der Waals surface area contributed by atoms with E-state index in [0.717, 1.165) is 23.8 Å². The lowest BCUT2D eigenvalue weighted by atomic mass is 9.87. The Bertz CT molecular complexity index is 2080. The van der Waals surface area contributed by atoms with Crippen molar-refractivity contribution in [2.24, 2.45) is 11.3 Å². The van der Waals surface area contributed by atoms with Crippen molar-refractivity contribution >= 4 is 44.7 Å². The molecule has 4 heterocycles. The third-order valence-corrected chi connectivity index (χ3v) is 14.3. The molecule has 298 valence electrons. The second kappa shape index (κ2) is 13.7. The molecule has 2 aromatic rings. The summed E-state index contributed by atoms with van der Waals surface area (Å²) in [6.45, 7) is 9.09. The number of benzene rings is 1. The molecule has 1 spiro atoms. The van der Waals surface area contributed by atoms with E-state index in [0.29, 0.717) is 55.5 Å². The van der Waals surface area contributed by atoms with Gasteiger partial charge in [0.15, 0.2) is 0 Å². The smallest absolute Gasteiger partial charge is 0.407 e. The third-order valence-electron chi connectivity index (χ3n) is 12.2. The van der Waals surface area contributed by atoms with Gasteiger partial charge in [-0.15, -0.1) is 0 Å². The van der Waals surface area contributed by atoms with Gasteiger partial charge in [-0.05, 0) is 82.8 Å². The Hall–Kier alpha value is -4.27. The van der Waals surface area contributed by atoms with Crippen LogP contribution in [0.25, 0.3) is 10.9 Å². The number of carbonyl (C=O) groups excluding carboxylic acids is 3. The van der Waals surface area contributed by atoms with E-state index >= 15 is 0 Å². The molecule has 7 rings (SSSR count). The van der Waals surface area contributed by atoms with E-state index in [2.05, 4.69) is 15.0 Å². The average molecular weight is 782 g/mol. The predicted molar refractivity (Wildman–Crippen MR) is 202 cm³/mol. The molecule has 1 aromatic heterocycles. The molecule has 3 N–H and O–H groups in total. The van der Waals surface area contributed by atoms with Gasteiger partial charge in [0.25, 0.3) is 5.91 Å². The quantitative estimate of drug-likeness (QED) is 0.347. The lowest BCUT2D eigenvalue weighted by molar-refractivity contribution is -0.143. The fourth-order valence-corrected chi connectivity index (χ4v) is 9.94. The van der Waals surface area contributed by atoms with E-state index in [1.807, 2.05) is 32.9 Å². The second-order valence-corrected chi connectivity index (χ2v) is 20.0. The zero-order chi connectivity index (χ0) is 39.7. The van der Waals surface area contributed by atoms with Crippen LogP contribution in [0.2, 0.25) is 0 Å². The van der Waals surface area contributed by atoms with Crippen molar-refractivity contribution in [2.45, 2.75) is 133 Å². The summed E-state index contributed by atoms with van der Waals surface area (Å²) >= 11 is 0. The van der Waals surface area contributed by atoms with Gasteiger partial charge < -0.3 is 20.1 Å². The van der Waals surface area contributed by atoms with E-state index in [-0.39, 0.29) is 32.4 Å². The Morgan fingerprint density at radius 3 is 2.58 bits per heavy atom. The number of ether oxygens (including phenoxy) is 1. The Kier molecular flexibility index (Phi) is 9.73. The summed E-state index contributed by atoms with van der Waals surface area (Å²) in [7, 11) is -4.02. The maximum atomic E-state index is 15.0. The molecule has 2 saturated carbocycles. The first kappa shape index (κ1) is 39.0. The number of carbonyl (C=O) groups is 4. The molecule has 5 atom stereocenters. The first-order valence-corrected chi connectivity index (χ1v) is 20.9. The molecule has 55 heavy (non-hydrogen) atoms. The minimum Gasteiger partial charge on any atom is -0.483 e. The molecule has 0 radical (unpaired) electrons. The Morgan fingerprint density at radius 2 is 1.89 bits per heavy atom. The summed E-state index contributed by atoms with van der Waals surface area (Å²) in [6, 6.07) is 2.16. The van der Waals surface area contributed by atoms with Gasteiger partial charge in [0.1, 0.15) is 34.8 Å². The summed E-state index contributed by atoms with van der Waals surface area (Å²) in [5, 5.41) is 14.2. The minimum absolute atomic E-state index is 0.0288. The highest BCUT2D eigenvalue weighted by molar-refractivity contribution is 7.91. The molecule has 0 bridgehead atoms. The van der Waals surface area contributed by atoms with Crippen molar-refractivity contribution in [1.82, 2.24) is 24.8 Å². The van der Waals surface area contributed by atoms with Crippen LogP contribution in [0.15, 0.2) is 30.4 Å². The molecule has 3 fully saturated rings. The molecule has 1 aromatic carbocycles. The number of aryl methyl sites for hydroxylation is 2. The number of sulfonamides is 1. The molecule has 15 heteroatoms. The number of halogens is 1. The van der Waals surface area contributed by atoms with Gasteiger partial charge >= 0.3 is 6.09 Å². The number of hydrogen-bond acceptors (Lipinski definition) is 8. The van der Waals surface area contributed by atoms with Gasteiger partial charge in [-0.25, -0.2) is 22.6 Å². The van der Waals surface area contributed by atoms with Crippen LogP contribution in [-0.4, -0.2) is 93.2 Å². The lowest BCUT2D eigenvalue weighted by Crippen LogP contribution is -2.59. The van der Waals surface area contributed by atoms with Crippen LogP contribution in [0.1, 0.15) is 103 Å². The highest BCUT2D eigenvalue weighted by Gasteiger charge is 2.64. The molecule has 0 unspecified atom stereocenters. The number of aromatic nitrogens is 1. The Morgan fingerprint density at radius 1 is 1.15 bits per heavy atom. The van der Waals surface area contributed by atoms with Crippen molar-refractivity contribution < 1.29 is 41.8 Å². The number of allylic oxidation sites excluding steroid dienone is 1. The summed E-state index contributed by atoms with van der Waals surface area (Å²) in [5.74, 6) is -2.35. The number of amides is 4. The summed E-state index contributed by atoms with van der Waals surface area (Å²) in [5.41, 5.74) is -1.22. The topological polar surface area (TPSA) is 175 Å². The molecule has 1 saturated heterocycles. The molecule has 3 aliphatic heterocycles. The van der Waals surface area contributed by atoms with Gasteiger partial charge in [0, 0.05) is 35.9 Å². The standard InChI is InChI=1S/C40H52FN5O8S/c1-24-32-28(27-14-13-26(41)19-29(27)42-24)15-16-39(54-32)21-31-33(47)43-40(35(49)44-55(52,53)38(5)17-18-38)20-25(40)11-9-7-6-8-10-12-30(34(48)45(31)23-39)46(36(50)51)22-37(2,3)4/h9,11,13-14,19,25,30-31H,6-8,10,12,15-18,20-23H2,1-5H3,(H,43,47)(H,44,49)(H,50,51)/b11-9-/t25-,30+,31+,39-,40-/m1/s1. The van der Waals surface area contributed by atoms with Crippen molar-refractivity contribution in [1.29, 1.82) is 0 Å². The Labute approximate surface area is 321 Å². The average Bonchev–Trinajstić information content (AvgIpc) is 3.99. The normalized spacial score (nSPS) is 29.8. The van der Waals surface area contributed by atoms with Crippen molar-refractivity contribution in [3.63, 3.8) is 0 Å². The molecule has 13 nitrogen and oxygen atoms in total. The maximum absolute atomic E-state index is 15.0. The van der Waals surface area contributed by atoms with Crippen LogP contribution in [0.3, 0.4) is 0 Å². The van der Waals surface area contributed by atoms with Crippen LogP contribution in [0.5, 0.6) is 5.75 Å². The molecule has 2 aliphatic carbocycles. The van der Waals surface area contributed by atoms with Crippen LogP contribution in [0.4, 0.5) is 9.18 Å². The fourth-order valence-electron chi connectivity index (χ4n) is 8.63. The van der Waals surface area contributed by atoms with E-state index in [1.54, 1.807) is 19.9 Å². The van der Waals surface area contributed by atoms with Crippen molar-refractivity contribution in [3.05, 3.63) is 47.4 Å². The van der Waals surface area contributed by atoms with Crippen LogP contribution >= 0.6 is 0 Å². The highest BCUT2D eigenvalue weighted by atomic mass is 32.2. The minimum atomic E-state index is -4.02. The van der Waals surface area contributed by atoms with Gasteiger partial charge in [0.05, 0.1) is 22.5 Å². The zero-order valence-corrected chi connectivity index (χ0v) is 33.1. The highest BCUT2D eigenvalue weighted by Crippen LogP contribution is 2.49. The monoisotopic (exact) mass is 781 g/mol. The van der Waals surface area contributed by atoms with Gasteiger partial charge in [-0.1, -0.05) is 45.8 Å². The summed E-state index contributed by atoms with van der Waals surface area (Å²) in [4.78, 5) is 63.7. The molecule has 4 amide bonds. The van der Waals surface area contributed by atoms with Gasteiger partial charge in [-0.3, -0.25) is 24.0 Å². The van der Waals surface area contributed by atoms with E-state index in [4.69, 9.17) is 4.74 Å². The second-order valence-electron chi connectivity index (χ2n) is 17.8. The number of hydrogen-bond donors (Lipinski definition) is 3. The van der Waals surface area contributed by atoms with Crippen LogP contribution < -0.4 is 14.8 Å². The number of pyridine rings is 1.